The average molecular weight is 238 g/mol. The molecule has 2 nitrogen and oxygen atoms in total. The van der Waals surface area contributed by atoms with E-state index < -0.39 is 0 Å². The van der Waals surface area contributed by atoms with Gasteiger partial charge in [0.2, 0.25) is 0 Å². The van der Waals surface area contributed by atoms with Crippen LogP contribution in [0.2, 0.25) is 0 Å². The monoisotopic (exact) mass is 238 g/mol. The first-order valence-electron chi connectivity index (χ1n) is 6.33. The van der Waals surface area contributed by atoms with Gasteiger partial charge in [0.15, 0.2) is 0 Å². The summed E-state index contributed by atoms with van der Waals surface area (Å²) >= 11 is 0. The fourth-order valence-corrected chi connectivity index (χ4v) is 2.92. The fourth-order valence-electron chi connectivity index (χ4n) is 2.92. The third kappa shape index (κ3) is 1.29. The number of aromatic nitrogens is 1. The normalized spacial score (nSPS) is 11.3. The Balaban J connectivity index is 2.71. The maximum Gasteiger partial charge on any atom is 0.0737 e. The van der Waals surface area contributed by atoms with Crippen molar-refractivity contribution in [1.82, 2.24) is 4.68 Å². The molecule has 0 aliphatic heterocycles. The largest absolute Gasteiger partial charge is 0.328 e. The first-order valence-corrected chi connectivity index (χ1v) is 6.33. The van der Waals surface area contributed by atoms with Gasteiger partial charge in [0, 0.05) is 17.8 Å². The Morgan fingerprint density at radius 3 is 2.22 bits per heavy atom. The van der Waals surface area contributed by atoms with Crippen molar-refractivity contribution in [3.8, 4) is 0 Å². The molecule has 0 spiro atoms. The molecule has 0 aliphatic carbocycles. The van der Waals surface area contributed by atoms with Crippen LogP contribution in [0.1, 0.15) is 16.7 Å². The standard InChI is InChI=1S/C16H18N2/c1-10-8-9-12(3)16-14(10)13-7-5-6-11(2)15(13)18(16)17-4/h5-9,17H,1-4H3. The van der Waals surface area contributed by atoms with Crippen molar-refractivity contribution >= 4 is 21.8 Å². The molecular formula is C16H18N2. The summed E-state index contributed by atoms with van der Waals surface area (Å²) in [4.78, 5) is 0. The number of nitrogens with one attached hydrogen (secondary N) is 1. The van der Waals surface area contributed by atoms with Gasteiger partial charge in [0.25, 0.3) is 0 Å². The molecular weight excluding hydrogens is 220 g/mol. The predicted molar refractivity (Wildman–Crippen MR) is 78.9 cm³/mol. The van der Waals surface area contributed by atoms with E-state index in [1.807, 2.05) is 7.05 Å². The predicted octanol–water partition coefficient (Wildman–Crippen LogP) is 3.89. The number of rotatable bonds is 1. The SMILES string of the molecule is CNn1c2c(C)cccc2c2c(C)ccc(C)c21. The zero-order valence-corrected chi connectivity index (χ0v) is 11.3. The van der Waals surface area contributed by atoms with Gasteiger partial charge in [0.05, 0.1) is 11.0 Å². The Hall–Kier alpha value is -1.96. The maximum absolute atomic E-state index is 3.32. The lowest BCUT2D eigenvalue weighted by molar-refractivity contribution is 1.01. The number of aryl methyl sites for hydroxylation is 3. The van der Waals surface area contributed by atoms with Gasteiger partial charge in [-0.25, -0.2) is 0 Å². The minimum atomic E-state index is 1.28. The summed E-state index contributed by atoms with van der Waals surface area (Å²) in [5.41, 5.74) is 9.84. The van der Waals surface area contributed by atoms with E-state index >= 15 is 0 Å². The quantitative estimate of drug-likeness (QED) is 0.680. The molecule has 92 valence electrons. The first kappa shape index (κ1) is 11.1. The molecule has 0 fully saturated rings. The molecule has 1 aromatic heterocycles. The number of benzene rings is 2. The van der Waals surface area contributed by atoms with Gasteiger partial charge in [-0.2, -0.15) is 0 Å². The molecule has 2 heteroatoms. The minimum Gasteiger partial charge on any atom is -0.328 e. The molecule has 0 radical (unpaired) electrons. The summed E-state index contributed by atoms with van der Waals surface area (Å²) < 4.78 is 2.21. The van der Waals surface area contributed by atoms with Crippen molar-refractivity contribution < 1.29 is 0 Å². The summed E-state index contributed by atoms with van der Waals surface area (Å²) in [5, 5.41) is 2.70. The molecule has 0 unspecified atom stereocenters. The second kappa shape index (κ2) is 3.77. The van der Waals surface area contributed by atoms with Crippen LogP contribution in [0.25, 0.3) is 21.8 Å². The van der Waals surface area contributed by atoms with Crippen LogP contribution in [-0.2, 0) is 0 Å². The van der Waals surface area contributed by atoms with E-state index in [4.69, 9.17) is 0 Å². The van der Waals surface area contributed by atoms with Crippen LogP contribution in [0, 0.1) is 20.8 Å². The highest BCUT2D eigenvalue weighted by Crippen LogP contribution is 2.33. The summed E-state index contributed by atoms with van der Waals surface area (Å²) in [6, 6.07) is 10.9. The molecule has 0 saturated heterocycles. The highest BCUT2D eigenvalue weighted by molar-refractivity contribution is 6.11. The van der Waals surface area contributed by atoms with Gasteiger partial charge in [-0.1, -0.05) is 30.3 Å². The van der Waals surface area contributed by atoms with Crippen molar-refractivity contribution in [3.63, 3.8) is 0 Å². The molecule has 1 heterocycles. The summed E-state index contributed by atoms with van der Waals surface area (Å²) in [7, 11) is 1.98. The molecule has 18 heavy (non-hydrogen) atoms. The topological polar surface area (TPSA) is 17.0 Å². The van der Waals surface area contributed by atoms with Crippen molar-refractivity contribution in [1.29, 1.82) is 0 Å². The third-order valence-electron chi connectivity index (χ3n) is 3.77. The summed E-state index contributed by atoms with van der Waals surface area (Å²) in [5.74, 6) is 0. The summed E-state index contributed by atoms with van der Waals surface area (Å²) in [6.07, 6.45) is 0. The van der Waals surface area contributed by atoms with Crippen LogP contribution in [0.15, 0.2) is 30.3 Å². The van der Waals surface area contributed by atoms with Crippen LogP contribution in [0.4, 0.5) is 0 Å². The molecule has 0 atom stereocenters. The average Bonchev–Trinajstić information content (AvgIpc) is 2.71. The zero-order chi connectivity index (χ0) is 12.9. The Morgan fingerprint density at radius 1 is 0.833 bits per heavy atom. The molecule has 0 saturated carbocycles. The Morgan fingerprint density at radius 2 is 1.50 bits per heavy atom. The van der Waals surface area contributed by atoms with Crippen LogP contribution in [0.3, 0.4) is 0 Å². The molecule has 0 aliphatic rings. The second-order valence-electron chi connectivity index (χ2n) is 4.95. The third-order valence-corrected chi connectivity index (χ3v) is 3.77. The molecule has 0 bridgehead atoms. The Kier molecular flexibility index (Phi) is 2.34. The van der Waals surface area contributed by atoms with Gasteiger partial charge >= 0.3 is 0 Å². The van der Waals surface area contributed by atoms with E-state index in [-0.39, 0.29) is 0 Å². The second-order valence-corrected chi connectivity index (χ2v) is 4.95. The molecule has 3 rings (SSSR count). The number of nitrogens with zero attached hydrogens (tertiary/aromatic N) is 1. The minimum absolute atomic E-state index is 1.28. The van der Waals surface area contributed by atoms with Crippen molar-refractivity contribution in [2.24, 2.45) is 0 Å². The number of para-hydroxylation sites is 1. The van der Waals surface area contributed by atoms with Crippen LogP contribution >= 0.6 is 0 Å². The van der Waals surface area contributed by atoms with Crippen molar-refractivity contribution in [2.45, 2.75) is 20.8 Å². The van der Waals surface area contributed by atoms with Crippen LogP contribution < -0.4 is 5.43 Å². The lowest BCUT2D eigenvalue weighted by Crippen LogP contribution is -2.09. The van der Waals surface area contributed by atoms with E-state index in [9.17, 15) is 0 Å². The van der Waals surface area contributed by atoms with Crippen molar-refractivity contribution in [2.75, 3.05) is 12.5 Å². The van der Waals surface area contributed by atoms with Gasteiger partial charge in [0.1, 0.15) is 0 Å². The lowest BCUT2D eigenvalue weighted by atomic mass is 10.0. The Bertz CT molecular complexity index is 751. The highest BCUT2D eigenvalue weighted by atomic mass is 15.4. The number of hydrogen-bond donors (Lipinski definition) is 1. The van der Waals surface area contributed by atoms with Gasteiger partial charge in [-0.05, 0) is 37.5 Å². The van der Waals surface area contributed by atoms with E-state index in [1.165, 1.54) is 38.5 Å². The van der Waals surface area contributed by atoms with E-state index in [0.717, 1.165) is 0 Å². The molecule has 2 aromatic carbocycles. The number of fused-ring (bicyclic) bond motifs is 3. The molecule has 3 aromatic rings. The maximum atomic E-state index is 3.32. The van der Waals surface area contributed by atoms with E-state index in [2.05, 4.69) is 61.2 Å². The number of hydrogen-bond acceptors (Lipinski definition) is 1. The van der Waals surface area contributed by atoms with E-state index in [0.29, 0.717) is 0 Å². The van der Waals surface area contributed by atoms with Gasteiger partial charge in [-0.15, -0.1) is 0 Å². The molecule has 1 N–H and O–H groups in total. The fraction of sp³-hybridized carbons (Fsp3) is 0.250. The van der Waals surface area contributed by atoms with Crippen LogP contribution in [-0.4, -0.2) is 11.7 Å². The Labute approximate surface area is 107 Å². The smallest absolute Gasteiger partial charge is 0.0737 e. The summed E-state index contributed by atoms with van der Waals surface area (Å²) in [6.45, 7) is 6.52. The highest BCUT2D eigenvalue weighted by Gasteiger charge is 2.14. The van der Waals surface area contributed by atoms with Crippen LogP contribution in [0.5, 0.6) is 0 Å². The van der Waals surface area contributed by atoms with Crippen molar-refractivity contribution in [3.05, 3.63) is 47.0 Å². The zero-order valence-electron chi connectivity index (χ0n) is 11.3. The first-order chi connectivity index (χ1) is 8.65. The molecule has 0 amide bonds. The van der Waals surface area contributed by atoms with Gasteiger partial charge < -0.3 is 5.43 Å². The van der Waals surface area contributed by atoms with Gasteiger partial charge in [-0.3, -0.25) is 4.68 Å². The lowest BCUT2D eigenvalue weighted by Gasteiger charge is -2.09. The van der Waals surface area contributed by atoms with E-state index in [1.54, 1.807) is 0 Å².